The van der Waals surface area contributed by atoms with Crippen molar-refractivity contribution in [3.63, 3.8) is 0 Å². The molecule has 0 atom stereocenters. The molecule has 2 aromatic carbocycles. The van der Waals surface area contributed by atoms with E-state index in [9.17, 15) is 9.18 Å². The van der Waals surface area contributed by atoms with Crippen LogP contribution in [0.15, 0.2) is 36.4 Å². The molecule has 5 nitrogen and oxygen atoms in total. The zero-order valence-corrected chi connectivity index (χ0v) is 14.5. The number of halogens is 1. The monoisotopic (exact) mass is 341 g/mol. The van der Waals surface area contributed by atoms with Gasteiger partial charge in [-0.1, -0.05) is 6.07 Å². The zero-order chi connectivity index (χ0) is 18.4. The Hall–Kier alpha value is -3.07. The Morgan fingerprint density at radius 1 is 1.28 bits per heavy atom. The second-order valence-electron chi connectivity index (χ2n) is 5.85. The van der Waals surface area contributed by atoms with Crippen LogP contribution in [0, 0.1) is 24.1 Å². The van der Waals surface area contributed by atoms with Crippen molar-refractivity contribution in [1.82, 2.24) is 4.90 Å². The number of carbonyl (C=O) groups excluding carboxylic acids is 1. The summed E-state index contributed by atoms with van der Waals surface area (Å²) in [5.74, 6) is -0.0175. The van der Waals surface area contributed by atoms with E-state index in [1.165, 1.54) is 23.1 Å². The lowest BCUT2D eigenvalue weighted by Crippen LogP contribution is -2.27. The summed E-state index contributed by atoms with van der Waals surface area (Å²) in [5, 5.41) is 12.0. The molecule has 0 fully saturated rings. The highest BCUT2D eigenvalue weighted by Crippen LogP contribution is 2.26. The Morgan fingerprint density at radius 3 is 2.72 bits per heavy atom. The van der Waals surface area contributed by atoms with Crippen molar-refractivity contribution in [2.75, 3.05) is 26.0 Å². The molecule has 0 heterocycles. The summed E-state index contributed by atoms with van der Waals surface area (Å²) in [6.45, 7) is 2.03. The van der Waals surface area contributed by atoms with Crippen molar-refractivity contribution in [2.24, 2.45) is 0 Å². The van der Waals surface area contributed by atoms with Gasteiger partial charge in [-0.05, 0) is 42.8 Å². The lowest BCUT2D eigenvalue weighted by molar-refractivity contribution is -0.130. The van der Waals surface area contributed by atoms with E-state index in [0.717, 1.165) is 5.56 Å². The van der Waals surface area contributed by atoms with E-state index < -0.39 is 0 Å². The van der Waals surface area contributed by atoms with Gasteiger partial charge in [0.15, 0.2) is 6.61 Å². The van der Waals surface area contributed by atoms with Gasteiger partial charge in [0.25, 0.3) is 5.91 Å². The van der Waals surface area contributed by atoms with Gasteiger partial charge >= 0.3 is 0 Å². The van der Waals surface area contributed by atoms with E-state index in [-0.39, 0.29) is 24.9 Å². The quantitative estimate of drug-likeness (QED) is 0.877. The number of ether oxygens (including phenoxy) is 1. The van der Waals surface area contributed by atoms with Crippen LogP contribution < -0.4 is 10.1 Å². The maximum absolute atomic E-state index is 13.9. The highest BCUT2D eigenvalue weighted by molar-refractivity contribution is 5.77. The van der Waals surface area contributed by atoms with Gasteiger partial charge in [-0.25, -0.2) is 4.39 Å². The molecule has 0 saturated heterocycles. The van der Waals surface area contributed by atoms with Crippen molar-refractivity contribution >= 4 is 11.6 Å². The third-order valence-electron chi connectivity index (χ3n) is 3.63. The third kappa shape index (κ3) is 4.95. The van der Waals surface area contributed by atoms with Crippen LogP contribution in [-0.4, -0.2) is 31.5 Å². The molecule has 130 valence electrons. The van der Waals surface area contributed by atoms with E-state index in [1.54, 1.807) is 14.1 Å². The molecule has 1 amide bonds. The number of carbonyl (C=O) groups is 1. The first kappa shape index (κ1) is 18.3. The number of rotatable bonds is 6. The van der Waals surface area contributed by atoms with E-state index >= 15 is 0 Å². The third-order valence-corrected chi connectivity index (χ3v) is 3.63. The highest BCUT2D eigenvalue weighted by Gasteiger charge is 2.10. The van der Waals surface area contributed by atoms with Gasteiger partial charge < -0.3 is 15.0 Å². The number of hydrogen-bond donors (Lipinski definition) is 1. The predicted molar refractivity (Wildman–Crippen MR) is 93.8 cm³/mol. The number of hydrogen-bond acceptors (Lipinski definition) is 4. The minimum Gasteiger partial charge on any atom is -0.482 e. The van der Waals surface area contributed by atoms with E-state index in [0.29, 0.717) is 22.6 Å². The molecule has 0 unspecified atom stereocenters. The number of nitriles is 1. The first-order chi connectivity index (χ1) is 11.9. The summed E-state index contributed by atoms with van der Waals surface area (Å²) in [6.07, 6.45) is 0. The molecule has 25 heavy (non-hydrogen) atoms. The topological polar surface area (TPSA) is 65.4 Å². The fraction of sp³-hybridized carbons (Fsp3) is 0.263. The Bertz CT molecular complexity index is 813. The van der Waals surface area contributed by atoms with Gasteiger partial charge in [-0.2, -0.15) is 5.26 Å². The van der Waals surface area contributed by atoms with Crippen molar-refractivity contribution < 1.29 is 13.9 Å². The summed E-state index contributed by atoms with van der Waals surface area (Å²) in [4.78, 5) is 13.2. The SMILES string of the molecule is Cc1ccc(NCc2cc(C#N)ccc2F)c(OCC(=O)N(C)C)c1. The molecule has 0 aliphatic heterocycles. The molecule has 0 aromatic heterocycles. The minimum absolute atomic E-state index is 0.0799. The molecule has 0 bridgehead atoms. The Balaban J connectivity index is 2.14. The summed E-state index contributed by atoms with van der Waals surface area (Å²) in [5.41, 5.74) is 2.42. The van der Waals surface area contributed by atoms with Crippen molar-refractivity contribution in [2.45, 2.75) is 13.5 Å². The zero-order valence-electron chi connectivity index (χ0n) is 14.5. The number of nitrogens with zero attached hydrogens (tertiary/aromatic N) is 2. The van der Waals surface area contributed by atoms with Crippen LogP contribution in [0.4, 0.5) is 10.1 Å². The van der Waals surface area contributed by atoms with Gasteiger partial charge in [0.2, 0.25) is 0 Å². The summed E-state index contributed by atoms with van der Waals surface area (Å²) < 4.78 is 19.5. The lowest BCUT2D eigenvalue weighted by atomic mass is 10.1. The Labute approximate surface area is 146 Å². The molecule has 6 heteroatoms. The highest BCUT2D eigenvalue weighted by atomic mass is 19.1. The van der Waals surface area contributed by atoms with Crippen LogP contribution in [0.1, 0.15) is 16.7 Å². The largest absolute Gasteiger partial charge is 0.482 e. The molecular weight excluding hydrogens is 321 g/mol. The summed E-state index contributed by atoms with van der Waals surface area (Å²) >= 11 is 0. The molecule has 0 saturated carbocycles. The minimum atomic E-state index is -0.385. The Morgan fingerprint density at radius 2 is 2.04 bits per heavy atom. The van der Waals surface area contributed by atoms with Crippen LogP contribution in [0.2, 0.25) is 0 Å². The molecule has 0 aliphatic rings. The molecule has 0 radical (unpaired) electrons. The van der Waals surface area contributed by atoms with Crippen LogP contribution in [0.25, 0.3) is 0 Å². The molecule has 1 N–H and O–H groups in total. The number of likely N-dealkylation sites (N-methyl/N-ethyl adjacent to an activating group) is 1. The number of amides is 1. The van der Waals surface area contributed by atoms with Gasteiger partial charge in [0.1, 0.15) is 11.6 Å². The summed E-state index contributed by atoms with van der Waals surface area (Å²) in [7, 11) is 3.32. The van der Waals surface area contributed by atoms with Gasteiger partial charge in [-0.15, -0.1) is 0 Å². The molecular formula is C19H20FN3O2. The van der Waals surface area contributed by atoms with Gasteiger partial charge in [0.05, 0.1) is 17.3 Å². The fourth-order valence-electron chi connectivity index (χ4n) is 2.13. The second-order valence-corrected chi connectivity index (χ2v) is 5.85. The normalized spacial score (nSPS) is 10.0. The predicted octanol–water partition coefficient (Wildman–Crippen LogP) is 3.08. The number of benzene rings is 2. The van der Waals surface area contributed by atoms with Crippen LogP contribution in [-0.2, 0) is 11.3 Å². The second kappa shape index (κ2) is 8.15. The van der Waals surface area contributed by atoms with Gasteiger partial charge in [-0.3, -0.25) is 4.79 Å². The van der Waals surface area contributed by atoms with E-state index in [1.807, 2.05) is 31.2 Å². The molecule has 0 aliphatic carbocycles. The van der Waals surface area contributed by atoms with Crippen molar-refractivity contribution in [3.8, 4) is 11.8 Å². The van der Waals surface area contributed by atoms with Gasteiger partial charge in [0, 0.05) is 26.2 Å². The van der Waals surface area contributed by atoms with E-state index in [2.05, 4.69) is 5.32 Å². The van der Waals surface area contributed by atoms with E-state index in [4.69, 9.17) is 10.00 Å². The number of aryl methyl sites for hydroxylation is 1. The number of anilines is 1. The number of nitrogens with one attached hydrogen (secondary N) is 1. The van der Waals surface area contributed by atoms with Crippen LogP contribution >= 0.6 is 0 Å². The molecule has 0 spiro atoms. The molecule has 2 rings (SSSR count). The first-order valence-electron chi connectivity index (χ1n) is 7.76. The summed E-state index contributed by atoms with van der Waals surface area (Å²) in [6, 6.07) is 11.7. The van der Waals surface area contributed by atoms with Crippen molar-refractivity contribution in [3.05, 3.63) is 58.9 Å². The average molecular weight is 341 g/mol. The first-order valence-corrected chi connectivity index (χ1v) is 7.76. The van der Waals surface area contributed by atoms with Crippen LogP contribution in [0.5, 0.6) is 5.75 Å². The molecule has 2 aromatic rings. The maximum Gasteiger partial charge on any atom is 0.259 e. The van der Waals surface area contributed by atoms with Crippen LogP contribution in [0.3, 0.4) is 0 Å². The maximum atomic E-state index is 13.9. The standard InChI is InChI=1S/C19H20FN3O2/c1-13-4-7-17(18(8-13)25-12-19(24)23(2)3)22-11-15-9-14(10-21)5-6-16(15)20/h4-9,22H,11-12H2,1-3H3. The smallest absolute Gasteiger partial charge is 0.259 e. The fourth-order valence-corrected chi connectivity index (χ4v) is 2.13. The van der Waals surface area contributed by atoms with Crippen molar-refractivity contribution in [1.29, 1.82) is 5.26 Å². The Kier molecular flexibility index (Phi) is 5.96. The average Bonchev–Trinajstić information content (AvgIpc) is 2.59. The lowest BCUT2D eigenvalue weighted by Gasteiger charge is -2.16.